The number of carboxylic acid groups (broad SMARTS) is 1. The highest BCUT2D eigenvalue weighted by molar-refractivity contribution is 8.00. The van der Waals surface area contributed by atoms with Crippen molar-refractivity contribution in [1.82, 2.24) is 10.6 Å². The van der Waals surface area contributed by atoms with Gasteiger partial charge in [-0.3, -0.25) is 10.1 Å². The van der Waals surface area contributed by atoms with Crippen LogP contribution in [0.1, 0.15) is 25.3 Å². The molecule has 8 nitrogen and oxygen atoms in total. The summed E-state index contributed by atoms with van der Waals surface area (Å²) in [5, 5.41) is 15.0. The van der Waals surface area contributed by atoms with Gasteiger partial charge in [0.25, 0.3) is 0 Å². The van der Waals surface area contributed by atoms with E-state index >= 15 is 0 Å². The number of alkyl carbamates (subject to hydrolysis) is 1. The number of benzene rings is 1. The smallest absolute Gasteiger partial charge is 0.408 e. The predicted molar refractivity (Wildman–Crippen MR) is 105 cm³/mol. The van der Waals surface area contributed by atoms with Crippen LogP contribution >= 0.6 is 11.8 Å². The molecule has 0 spiro atoms. The third-order valence-electron chi connectivity index (χ3n) is 4.52. The summed E-state index contributed by atoms with van der Waals surface area (Å²) in [6.07, 6.45) is 0.0654. The van der Waals surface area contributed by atoms with E-state index < -0.39 is 18.1 Å². The highest BCUT2D eigenvalue weighted by Crippen LogP contribution is 2.28. The first-order chi connectivity index (χ1) is 13.4. The highest BCUT2D eigenvalue weighted by atomic mass is 32.2. The van der Waals surface area contributed by atoms with E-state index in [2.05, 4.69) is 10.6 Å². The number of ether oxygens (including phenoxy) is 2. The van der Waals surface area contributed by atoms with Crippen LogP contribution in [-0.2, 0) is 25.7 Å². The van der Waals surface area contributed by atoms with Gasteiger partial charge >= 0.3 is 18.0 Å². The van der Waals surface area contributed by atoms with E-state index in [1.54, 1.807) is 11.8 Å². The number of carbonyl (C=O) groups excluding carboxylic acids is 2. The van der Waals surface area contributed by atoms with E-state index in [9.17, 15) is 19.5 Å². The molecule has 1 aliphatic heterocycles. The van der Waals surface area contributed by atoms with Crippen LogP contribution in [0.3, 0.4) is 0 Å². The zero-order valence-corrected chi connectivity index (χ0v) is 16.7. The molecule has 0 saturated carbocycles. The Morgan fingerprint density at radius 2 is 2.00 bits per heavy atom. The van der Waals surface area contributed by atoms with Gasteiger partial charge in [0.2, 0.25) is 0 Å². The van der Waals surface area contributed by atoms with Crippen LogP contribution in [0.4, 0.5) is 4.79 Å². The van der Waals surface area contributed by atoms with E-state index in [-0.39, 0.29) is 36.3 Å². The number of carboxylic acids is 1. The van der Waals surface area contributed by atoms with E-state index in [0.717, 1.165) is 5.56 Å². The lowest BCUT2D eigenvalue weighted by molar-refractivity contribution is -0.142. The number of methoxy groups -OCH3 is 1. The molecule has 0 aliphatic carbocycles. The Morgan fingerprint density at radius 1 is 1.29 bits per heavy atom. The van der Waals surface area contributed by atoms with Crippen molar-refractivity contribution in [3.63, 3.8) is 0 Å². The highest BCUT2D eigenvalue weighted by Gasteiger charge is 2.33. The van der Waals surface area contributed by atoms with E-state index in [0.29, 0.717) is 12.2 Å². The fourth-order valence-corrected chi connectivity index (χ4v) is 4.20. The SMILES string of the molecule is COC(=O)[C@@H]1CSC([C@@H](C)CC[C@H](NC(=O)OCc2ccccc2)C(=O)O)N1. The molecule has 9 heteroatoms. The van der Waals surface area contributed by atoms with E-state index in [1.807, 2.05) is 37.3 Å². The van der Waals surface area contributed by atoms with Crippen molar-refractivity contribution in [2.75, 3.05) is 12.9 Å². The van der Waals surface area contributed by atoms with Crippen LogP contribution in [0, 0.1) is 5.92 Å². The van der Waals surface area contributed by atoms with Gasteiger partial charge in [-0.1, -0.05) is 37.3 Å². The number of amides is 1. The Balaban J connectivity index is 1.76. The van der Waals surface area contributed by atoms with Crippen molar-refractivity contribution in [3.05, 3.63) is 35.9 Å². The van der Waals surface area contributed by atoms with Crippen molar-refractivity contribution in [3.8, 4) is 0 Å². The Kier molecular flexibility index (Phi) is 8.59. The molecule has 0 radical (unpaired) electrons. The molecule has 2 rings (SSSR count). The minimum Gasteiger partial charge on any atom is -0.480 e. The van der Waals surface area contributed by atoms with Gasteiger partial charge in [-0.05, 0) is 24.3 Å². The van der Waals surface area contributed by atoms with Crippen LogP contribution in [0.2, 0.25) is 0 Å². The molecule has 1 heterocycles. The Hall–Kier alpha value is -2.26. The number of aliphatic carboxylic acids is 1. The maximum Gasteiger partial charge on any atom is 0.408 e. The molecular weight excluding hydrogens is 384 g/mol. The molecular formula is C19H26N2O6S. The summed E-state index contributed by atoms with van der Waals surface area (Å²) in [4.78, 5) is 35.0. The first-order valence-electron chi connectivity index (χ1n) is 9.06. The first-order valence-corrected chi connectivity index (χ1v) is 10.1. The van der Waals surface area contributed by atoms with Gasteiger partial charge in [-0.15, -0.1) is 11.8 Å². The molecule has 4 atom stereocenters. The van der Waals surface area contributed by atoms with Gasteiger partial charge in [0.05, 0.1) is 12.5 Å². The van der Waals surface area contributed by atoms with Gasteiger partial charge in [0.1, 0.15) is 18.7 Å². The topological polar surface area (TPSA) is 114 Å². The fraction of sp³-hybridized carbons (Fsp3) is 0.526. The van der Waals surface area contributed by atoms with Crippen LogP contribution in [-0.4, -0.2) is 53.5 Å². The second kappa shape index (κ2) is 10.9. The first kappa shape index (κ1) is 22.0. The van der Waals surface area contributed by atoms with Crippen LogP contribution in [0.25, 0.3) is 0 Å². The molecule has 1 aliphatic rings. The average Bonchev–Trinajstić information content (AvgIpc) is 3.19. The normalized spacial score (nSPS) is 20.8. The van der Waals surface area contributed by atoms with Crippen LogP contribution in [0.5, 0.6) is 0 Å². The van der Waals surface area contributed by atoms with Gasteiger partial charge < -0.3 is 19.9 Å². The predicted octanol–water partition coefficient (Wildman–Crippen LogP) is 1.99. The summed E-state index contributed by atoms with van der Waals surface area (Å²) in [6, 6.07) is 7.78. The van der Waals surface area contributed by atoms with Gasteiger partial charge in [-0.2, -0.15) is 0 Å². The van der Waals surface area contributed by atoms with Gasteiger partial charge in [0.15, 0.2) is 0 Å². The molecule has 1 amide bonds. The van der Waals surface area contributed by atoms with Gasteiger partial charge in [0, 0.05) is 5.75 Å². The minimum atomic E-state index is -1.11. The molecule has 28 heavy (non-hydrogen) atoms. The third kappa shape index (κ3) is 6.72. The lowest BCUT2D eigenvalue weighted by Crippen LogP contribution is -2.42. The van der Waals surface area contributed by atoms with Crippen molar-refractivity contribution in [1.29, 1.82) is 0 Å². The second-order valence-corrected chi connectivity index (χ2v) is 7.82. The van der Waals surface area contributed by atoms with Crippen molar-refractivity contribution in [2.24, 2.45) is 5.92 Å². The summed E-state index contributed by atoms with van der Waals surface area (Å²) in [6.45, 7) is 2.06. The maximum atomic E-state index is 11.9. The quantitative estimate of drug-likeness (QED) is 0.530. The standard InChI is InChI=1S/C19H26N2O6S/c1-12(16-20-15(11-28-16)18(24)26-2)8-9-14(17(22)23)21-19(25)27-10-13-6-4-3-5-7-13/h3-7,12,14-16,20H,8-11H2,1-2H3,(H,21,25)(H,22,23)/t12-,14-,15-,16?/m0/s1. The number of rotatable bonds is 9. The zero-order valence-electron chi connectivity index (χ0n) is 15.9. The van der Waals surface area contributed by atoms with E-state index in [4.69, 9.17) is 9.47 Å². The van der Waals surface area contributed by atoms with Crippen molar-refractivity contribution < 1.29 is 29.0 Å². The van der Waals surface area contributed by atoms with Crippen molar-refractivity contribution >= 4 is 29.8 Å². The lowest BCUT2D eigenvalue weighted by atomic mass is 10.0. The maximum absolute atomic E-state index is 11.9. The lowest BCUT2D eigenvalue weighted by Gasteiger charge is -2.21. The molecule has 1 aromatic rings. The van der Waals surface area contributed by atoms with Crippen molar-refractivity contribution in [2.45, 2.75) is 43.8 Å². The van der Waals surface area contributed by atoms with E-state index in [1.165, 1.54) is 7.11 Å². The monoisotopic (exact) mass is 410 g/mol. The number of esters is 1. The largest absolute Gasteiger partial charge is 0.480 e. The molecule has 1 saturated heterocycles. The summed E-state index contributed by atoms with van der Waals surface area (Å²) >= 11 is 1.61. The Labute approximate surface area is 168 Å². The second-order valence-electron chi connectivity index (χ2n) is 6.65. The summed E-state index contributed by atoms with van der Waals surface area (Å²) in [5.41, 5.74) is 0.822. The number of carbonyl (C=O) groups is 3. The molecule has 0 aromatic heterocycles. The molecule has 1 fully saturated rings. The third-order valence-corrected chi connectivity index (χ3v) is 6.01. The number of thioether (sulfide) groups is 1. The molecule has 3 N–H and O–H groups in total. The fourth-order valence-electron chi connectivity index (χ4n) is 2.85. The molecule has 1 aromatic carbocycles. The average molecular weight is 410 g/mol. The minimum absolute atomic E-state index is 0.0311. The Morgan fingerprint density at radius 3 is 2.64 bits per heavy atom. The zero-order chi connectivity index (χ0) is 20.5. The molecule has 0 bridgehead atoms. The summed E-state index contributed by atoms with van der Waals surface area (Å²) < 4.78 is 9.82. The van der Waals surface area contributed by atoms with Crippen LogP contribution in [0.15, 0.2) is 30.3 Å². The number of nitrogens with one attached hydrogen (secondary N) is 2. The molecule has 154 valence electrons. The molecule has 1 unspecified atom stereocenters. The Bertz CT molecular complexity index is 672. The van der Waals surface area contributed by atoms with Gasteiger partial charge in [-0.25, -0.2) is 9.59 Å². The van der Waals surface area contributed by atoms with Crippen LogP contribution < -0.4 is 10.6 Å². The number of hydrogen-bond donors (Lipinski definition) is 3. The number of hydrogen-bond acceptors (Lipinski definition) is 7. The summed E-state index contributed by atoms with van der Waals surface area (Å²) in [5.74, 6) is -0.672. The summed E-state index contributed by atoms with van der Waals surface area (Å²) in [7, 11) is 1.35.